The van der Waals surface area contributed by atoms with Crippen molar-refractivity contribution < 1.29 is 14.6 Å². The van der Waals surface area contributed by atoms with Crippen molar-refractivity contribution in [2.75, 3.05) is 0 Å². The monoisotopic (exact) mass is 524 g/mol. The van der Waals surface area contributed by atoms with Crippen LogP contribution in [0.3, 0.4) is 0 Å². The van der Waals surface area contributed by atoms with Gasteiger partial charge in [-0.2, -0.15) is 0 Å². The third-order valence-electron chi connectivity index (χ3n) is 6.33. The molecule has 0 aliphatic carbocycles. The Kier molecular flexibility index (Phi) is 7.20. The van der Waals surface area contributed by atoms with Gasteiger partial charge in [0.2, 0.25) is 0 Å². The summed E-state index contributed by atoms with van der Waals surface area (Å²) in [5, 5.41) is 12.5. The van der Waals surface area contributed by atoms with Crippen LogP contribution in [-0.4, -0.2) is 26.2 Å². The van der Waals surface area contributed by atoms with Gasteiger partial charge in [0.15, 0.2) is 6.10 Å². The Balaban J connectivity index is 2.06. The molecule has 4 rings (SSSR count). The standard InChI is InChI=1S/C29H30Cl2N2O3/c1-16-18(3)33(15-19-7-11-21(30)12-8-19)27-23(16)25(20-9-13-22(31)14-10-20)24(17(2)32-27)26(28(34)35)36-29(4,5)6/h7-14,26H,15H2,1-6H3,(H,34,35). The highest BCUT2D eigenvalue weighted by Crippen LogP contribution is 2.42. The van der Waals surface area contributed by atoms with Crippen molar-refractivity contribution >= 4 is 40.2 Å². The lowest BCUT2D eigenvalue weighted by molar-refractivity contribution is -0.160. The molecule has 4 aromatic rings. The summed E-state index contributed by atoms with van der Waals surface area (Å²) in [5.74, 6) is -1.06. The van der Waals surface area contributed by atoms with E-state index in [2.05, 4.69) is 18.4 Å². The van der Waals surface area contributed by atoms with Gasteiger partial charge in [-0.05, 0) is 82.5 Å². The largest absolute Gasteiger partial charge is 0.479 e. The first-order chi connectivity index (χ1) is 16.9. The third kappa shape index (κ3) is 5.15. The zero-order valence-electron chi connectivity index (χ0n) is 21.3. The SMILES string of the molecule is Cc1nc2c(c(C)c(C)n2Cc2ccc(Cl)cc2)c(-c2ccc(Cl)cc2)c1C(OC(C)(C)C)C(=O)O. The maximum absolute atomic E-state index is 12.5. The number of hydrogen-bond acceptors (Lipinski definition) is 3. The molecule has 2 aromatic carbocycles. The zero-order valence-corrected chi connectivity index (χ0v) is 22.8. The first-order valence-corrected chi connectivity index (χ1v) is 12.5. The van der Waals surface area contributed by atoms with Crippen molar-refractivity contribution in [1.82, 2.24) is 9.55 Å². The van der Waals surface area contributed by atoms with E-state index in [0.29, 0.717) is 27.8 Å². The molecule has 0 spiro atoms. The fraction of sp³-hybridized carbons (Fsp3) is 0.310. The predicted molar refractivity (Wildman–Crippen MR) is 146 cm³/mol. The second-order valence-corrected chi connectivity index (χ2v) is 10.9. The lowest BCUT2D eigenvalue weighted by Crippen LogP contribution is -2.28. The van der Waals surface area contributed by atoms with Gasteiger partial charge in [-0.3, -0.25) is 0 Å². The quantitative estimate of drug-likeness (QED) is 0.278. The van der Waals surface area contributed by atoms with Crippen LogP contribution in [0.5, 0.6) is 0 Å². The summed E-state index contributed by atoms with van der Waals surface area (Å²) < 4.78 is 8.27. The molecule has 7 heteroatoms. The van der Waals surface area contributed by atoms with E-state index in [1.165, 1.54) is 0 Å². The molecule has 0 aliphatic heterocycles. The van der Waals surface area contributed by atoms with Crippen LogP contribution in [0.25, 0.3) is 22.2 Å². The summed E-state index contributed by atoms with van der Waals surface area (Å²) in [4.78, 5) is 17.5. The summed E-state index contributed by atoms with van der Waals surface area (Å²) in [5.41, 5.74) is 6.15. The smallest absolute Gasteiger partial charge is 0.337 e. The van der Waals surface area contributed by atoms with Gasteiger partial charge in [0.25, 0.3) is 0 Å². The number of rotatable bonds is 6. The van der Waals surface area contributed by atoms with E-state index in [4.69, 9.17) is 32.9 Å². The number of carboxylic acid groups (broad SMARTS) is 1. The molecule has 5 nitrogen and oxygen atoms in total. The average molecular weight is 525 g/mol. The van der Waals surface area contributed by atoms with Crippen molar-refractivity contribution in [2.45, 2.75) is 59.8 Å². The highest BCUT2D eigenvalue weighted by atomic mass is 35.5. The normalized spacial score (nSPS) is 12.8. The first kappa shape index (κ1) is 26.2. The van der Waals surface area contributed by atoms with Crippen molar-refractivity contribution in [2.24, 2.45) is 0 Å². The average Bonchev–Trinajstić information content (AvgIpc) is 3.02. The number of pyridine rings is 1. The Labute approximate surface area is 221 Å². The van der Waals surface area contributed by atoms with Crippen molar-refractivity contribution in [1.29, 1.82) is 0 Å². The first-order valence-electron chi connectivity index (χ1n) is 11.8. The number of halogens is 2. The molecular formula is C29H30Cl2N2O3. The fourth-order valence-corrected chi connectivity index (χ4v) is 4.84. The van der Waals surface area contributed by atoms with Crippen molar-refractivity contribution in [3.05, 3.63) is 86.7 Å². The molecule has 2 aromatic heterocycles. The minimum Gasteiger partial charge on any atom is -0.479 e. The summed E-state index contributed by atoms with van der Waals surface area (Å²) >= 11 is 12.3. The van der Waals surface area contributed by atoms with E-state index in [1.807, 2.05) is 76.2 Å². The number of ether oxygens (including phenoxy) is 1. The second kappa shape index (κ2) is 9.89. The van der Waals surface area contributed by atoms with Crippen LogP contribution in [0, 0.1) is 20.8 Å². The Morgan fingerprint density at radius 2 is 1.56 bits per heavy atom. The number of aromatic nitrogens is 2. The molecule has 1 atom stereocenters. The van der Waals surface area contributed by atoms with Gasteiger partial charge in [-0.15, -0.1) is 0 Å². The van der Waals surface area contributed by atoms with Gasteiger partial charge < -0.3 is 14.4 Å². The van der Waals surface area contributed by atoms with Crippen LogP contribution in [0.15, 0.2) is 48.5 Å². The van der Waals surface area contributed by atoms with Crippen LogP contribution in [0.4, 0.5) is 0 Å². The van der Waals surface area contributed by atoms with Crippen LogP contribution < -0.4 is 0 Å². The fourth-order valence-electron chi connectivity index (χ4n) is 4.58. The molecule has 36 heavy (non-hydrogen) atoms. The molecule has 2 heterocycles. The minimum atomic E-state index is -1.19. The van der Waals surface area contributed by atoms with Gasteiger partial charge >= 0.3 is 5.97 Å². The summed E-state index contributed by atoms with van der Waals surface area (Å²) in [7, 11) is 0. The minimum absolute atomic E-state index is 0.555. The summed E-state index contributed by atoms with van der Waals surface area (Å²) in [6.07, 6.45) is -1.19. The van der Waals surface area contributed by atoms with E-state index < -0.39 is 17.7 Å². The molecule has 0 radical (unpaired) electrons. The number of aryl methyl sites for hydroxylation is 2. The zero-order chi connectivity index (χ0) is 26.4. The van der Waals surface area contributed by atoms with Crippen molar-refractivity contribution in [3.8, 4) is 11.1 Å². The van der Waals surface area contributed by atoms with Gasteiger partial charge in [0.1, 0.15) is 5.65 Å². The Bertz CT molecular complexity index is 1430. The molecule has 0 fully saturated rings. The summed E-state index contributed by atoms with van der Waals surface area (Å²) in [6.45, 7) is 12.1. The lowest BCUT2D eigenvalue weighted by Gasteiger charge is -2.28. The lowest BCUT2D eigenvalue weighted by atomic mass is 9.91. The molecule has 0 saturated carbocycles. The van der Waals surface area contributed by atoms with Gasteiger partial charge in [0, 0.05) is 44.5 Å². The van der Waals surface area contributed by atoms with Gasteiger partial charge in [-0.1, -0.05) is 47.5 Å². The highest BCUT2D eigenvalue weighted by molar-refractivity contribution is 6.30. The van der Waals surface area contributed by atoms with E-state index in [-0.39, 0.29) is 0 Å². The number of fused-ring (bicyclic) bond motifs is 1. The van der Waals surface area contributed by atoms with Crippen molar-refractivity contribution in [3.63, 3.8) is 0 Å². The number of carbonyl (C=O) groups is 1. The molecule has 1 N–H and O–H groups in total. The number of hydrogen-bond donors (Lipinski definition) is 1. The number of carboxylic acids is 1. The molecule has 0 amide bonds. The molecule has 1 unspecified atom stereocenters. The maximum Gasteiger partial charge on any atom is 0.337 e. The molecule has 0 saturated heterocycles. The number of nitrogens with zero attached hydrogens (tertiary/aromatic N) is 2. The number of aliphatic carboxylic acids is 1. The number of benzene rings is 2. The van der Waals surface area contributed by atoms with E-state index >= 15 is 0 Å². The molecule has 0 bridgehead atoms. The summed E-state index contributed by atoms with van der Waals surface area (Å²) in [6, 6.07) is 15.2. The molecule has 188 valence electrons. The highest BCUT2D eigenvalue weighted by Gasteiger charge is 2.33. The Hall–Kier alpha value is -2.86. The van der Waals surface area contributed by atoms with Crippen LogP contribution in [0.1, 0.15) is 55.0 Å². The Morgan fingerprint density at radius 1 is 1.00 bits per heavy atom. The maximum atomic E-state index is 12.5. The Morgan fingerprint density at radius 3 is 2.08 bits per heavy atom. The van der Waals surface area contributed by atoms with E-state index in [1.54, 1.807) is 0 Å². The topological polar surface area (TPSA) is 64.4 Å². The van der Waals surface area contributed by atoms with Crippen LogP contribution in [-0.2, 0) is 16.1 Å². The van der Waals surface area contributed by atoms with Crippen LogP contribution in [0.2, 0.25) is 10.0 Å². The van der Waals surface area contributed by atoms with E-state index in [0.717, 1.165) is 39.0 Å². The van der Waals surface area contributed by atoms with E-state index in [9.17, 15) is 9.90 Å². The molecule has 0 aliphatic rings. The van der Waals surface area contributed by atoms with Gasteiger partial charge in [-0.25, -0.2) is 9.78 Å². The third-order valence-corrected chi connectivity index (χ3v) is 6.83. The molecular weight excluding hydrogens is 495 g/mol. The van der Waals surface area contributed by atoms with Crippen LogP contribution >= 0.6 is 23.2 Å². The predicted octanol–water partition coefficient (Wildman–Crippen LogP) is 7.92. The second-order valence-electron chi connectivity index (χ2n) is 10.1. The van der Waals surface area contributed by atoms with Gasteiger partial charge in [0.05, 0.1) is 5.60 Å².